The van der Waals surface area contributed by atoms with Gasteiger partial charge in [0.05, 0.1) is 24.4 Å². The van der Waals surface area contributed by atoms with Gasteiger partial charge in [-0.2, -0.15) is 0 Å². The van der Waals surface area contributed by atoms with Gasteiger partial charge in [0.2, 0.25) is 0 Å². The van der Waals surface area contributed by atoms with Crippen molar-refractivity contribution in [2.75, 3.05) is 25.4 Å². The third-order valence-corrected chi connectivity index (χ3v) is 3.06. The van der Waals surface area contributed by atoms with Crippen molar-refractivity contribution in [3.05, 3.63) is 29.6 Å². The molecule has 1 saturated heterocycles. The maximum Gasteiger partial charge on any atom is 0.256 e. The Balaban J connectivity index is 2.21. The summed E-state index contributed by atoms with van der Waals surface area (Å²) in [7, 11) is 0. The zero-order valence-corrected chi connectivity index (χ0v) is 10.7. The average molecular weight is 268 g/mol. The molecule has 5 nitrogen and oxygen atoms in total. The third kappa shape index (κ3) is 3.02. The van der Waals surface area contributed by atoms with Crippen LogP contribution in [0.5, 0.6) is 0 Å². The van der Waals surface area contributed by atoms with Gasteiger partial charge in [0, 0.05) is 18.8 Å². The molecule has 2 rings (SSSR count). The van der Waals surface area contributed by atoms with Crippen molar-refractivity contribution in [2.45, 2.75) is 19.1 Å². The molecule has 19 heavy (non-hydrogen) atoms. The summed E-state index contributed by atoms with van der Waals surface area (Å²) in [6.45, 7) is 2.32. The summed E-state index contributed by atoms with van der Waals surface area (Å²) in [5.41, 5.74) is 6.09. The van der Waals surface area contributed by atoms with Crippen molar-refractivity contribution in [1.29, 1.82) is 0 Å². The van der Waals surface area contributed by atoms with Gasteiger partial charge >= 0.3 is 0 Å². The number of carbonyl (C=O) groups is 1. The summed E-state index contributed by atoms with van der Waals surface area (Å²) in [4.78, 5) is 13.8. The molecule has 0 radical (unpaired) electrons. The quantitative estimate of drug-likeness (QED) is 0.771. The van der Waals surface area contributed by atoms with Gasteiger partial charge in [0.1, 0.15) is 5.82 Å². The molecular formula is C13H17FN2O3. The van der Waals surface area contributed by atoms with Crippen LogP contribution >= 0.6 is 0 Å². The average Bonchev–Trinajstić information content (AvgIpc) is 2.40. The van der Waals surface area contributed by atoms with Crippen LogP contribution in [-0.4, -0.2) is 47.8 Å². The number of nitrogens with two attached hydrogens (primary N) is 1. The molecule has 0 aliphatic carbocycles. The third-order valence-electron chi connectivity index (χ3n) is 3.06. The van der Waals surface area contributed by atoms with Gasteiger partial charge in [-0.15, -0.1) is 0 Å². The van der Waals surface area contributed by atoms with Gasteiger partial charge in [-0.25, -0.2) is 4.39 Å². The van der Waals surface area contributed by atoms with Gasteiger partial charge in [0.25, 0.3) is 5.91 Å². The van der Waals surface area contributed by atoms with E-state index in [9.17, 15) is 9.18 Å². The number of aliphatic hydroxyl groups is 1. The minimum Gasteiger partial charge on any atom is -0.398 e. The highest BCUT2D eigenvalue weighted by atomic mass is 19.1. The molecule has 6 heteroatoms. The first-order valence-electron chi connectivity index (χ1n) is 6.12. The van der Waals surface area contributed by atoms with Gasteiger partial charge in [0.15, 0.2) is 0 Å². The summed E-state index contributed by atoms with van der Waals surface area (Å²) >= 11 is 0. The first-order valence-corrected chi connectivity index (χ1v) is 6.12. The van der Waals surface area contributed by atoms with E-state index >= 15 is 0 Å². The van der Waals surface area contributed by atoms with Crippen molar-refractivity contribution in [2.24, 2.45) is 0 Å². The number of benzene rings is 1. The Morgan fingerprint density at radius 3 is 3.00 bits per heavy atom. The molecule has 0 aromatic heterocycles. The number of ether oxygens (including phenoxy) is 1. The van der Waals surface area contributed by atoms with Gasteiger partial charge in [-0.3, -0.25) is 4.79 Å². The Hall–Kier alpha value is -1.66. The Morgan fingerprint density at radius 1 is 1.58 bits per heavy atom. The molecular weight excluding hydrogens is 251 g/mol. The van der Waals surface area contributed by atoms with Crippen LogP contribution in [0.4, 0.5) is 10.1 Å². The lowest BCUT2D eigenvalue weighted by Gasteiger charge is -2.36. The maximum absolute atomic E-state index is 13.2. The van der Waals surface area contributed by atoms with Crippen LogP contribution in [0, 0.1) is 5.82 Å². The molecule has 1 fully saturated rings. The van der Waals surface area contributed by atoms with E-state index in [0.717, 1.165) is 6.07 Å². The fraction of sp³-hybridized carbons (Fsp3) is 0.462. The Bertz CT molecular complexity index is 481. The summed E-state index contributed by atoms with van der Waals surface area (Å²) in [6.07, 6.45) is -0.591. The lowest BCUT2D eigenvalue weighted by atomic mass is 10.1. The van der Waals surface area contributed by atoms with Crippen molar-refractivity contribution < 1.29 is 19.0 Å². The standard InChI is InChI=1S/C13H17FN2O3/c1-8-5-16(6-10(7-17)19-8)13(18)11-4-9(14)2-3-12(11)15/h2-4,8,10,17H,5-7,15H2,1H3. The summed E-state index contributed by atoms with van der Waals surface area (Å²) < 4.78 is 18.7. The number of anilines is 1. The molecule has 1 aromatic rings. The van der Waals surface area contributed by atoms with E-state index in [-0.39, 0.29) is 36.4 Å². The fourth-order valence-electron chi connectivity index (χ4n) is 2.20. The van der Waals surface area contributed by atoms with Crippen LogP contribution < -0.4 is 5.73 Å². The Labute approximate surface area is 110 Å². The molecule has 1 aromatic carbocycles. The zero-order valence-electron chi connectivity index (χ0n) is 10.7. The minimum atomic E-state index is -0.502. The number of hydrogen-bond donors (Lipinski definition) is 2. The first kappa shape index (κ1) is 13.8. The number of morpholine rings is 1. The fourth-order valence-corrected chi connectivity index (χ4v) is 2.20. The van der Waals surface area contributed by atoms with Crippen LogP contribution in [0.25, 0.3) is 0 Å². The molecule has 1 aliphatic rings. The number of halogens is 1. The molecule has 3 N–H and O–H groups in total. The van der Waals surface area contributed by atoms with E-state index in [2.05, 4.69) is 0 Å². The topological polar surface area (TPSA) is 75.8 Å². The molecule has 0 spiro atoms. The van der Waals surface area contributed by atoms with Gasteiger partial charge in [-0.1, -0.05) is 0 Å². The van der Waals surface area contributed by atoms with Crippen molar-refractivity contribution in [1.82, 2.24) is 4.90 Å². The number of amides is 1. The van der Waals surface area contributed by atoms with Crippen molar-refractivity contribution in [3.8, 4) is 0 Å². The number of nitrogens with zero attached hydrogens (tertiary/aromatic N) is 1. The van der Waals surface area contributed by atoms with Crippen molar-refractivity contribution >= 4 is 11.6 Å². The largest absolute Gasteiger partial charge is 0.398 e. The number of aliphatic hydroxyl groups excluding tert-OH is 1. The number of carbonyl (C=O) groups excluding carboxylic acids is 1. The predicted octanol–water partition coefficient (Wildman–Crippen LogP) is 0.630. The maximum atomic E-state index is 13.2. The summed E-state index contributed by atoms with van der Waals surface area (Å²) in [6, 6.07) is 3.71. The Morgan fingerprint density at radius 2 is 2.32 bits per heavy atom. The highest BCUT2D eigenvalue weighted by Gasteiger charge is 2.29. The van der Waals surface area contributed by atoms with Crippen LogP contribution in [0.15, 0.2) is 18.2 Å². The summed E-state index contributed by atoms with van der Waals surface area (Å²) in [5, 5.41) is 9.13. The van der Waals surface area contributed by atoms with E-state index in [1.807, 2.05) is 6.92 Å². The lowest BCUT2D eigenvalue weighted by Crippen LogP contribution is -2.50. The van der Waals surface area contributed by atoms with Crippen LogP contribution in [0.2, 0.25) is 0 Å². The monoisotopic (exact) mass is 268 g/mol. The molecule has 0 saturated carbocycles. The predicted molar refractivity (Wildman–Crippen MR) is 68.1 cm³/mol. The second-order valence-corrected chi connectivity index (χ2v) is 4.69. The number of rotatable bonds is 2. The first-order chi connectivity index (χ1) is 9.01. The molecule has 2 atom stereocenters. The van der Waals surface area contributed by atoms with Gasteiger partial charge < -0.3 is 20.5 Å². The molecule has 1 aliphatic heterocycles. The molecule has 2 unspecified atom stereocenters. The molecule has 1 heterocycles. The summed E-state index contributed by atoms with van der Waals surface area (Å²) in [5.74, 6) is -0.844. The SMILES string of the molecule is CC1CN(C(=O)c2cc(F)ccc2N)CC(CO)O1. The van der Waals surface area contributed by atoms with E-state index in [1.165, 1.54) is 17.0 Å². The van der Waals surface area contributed by atoms with Crippen LogP contribution in [0.1, 0.15) is 17.3 Å². The lowest BCUT2D eigenvalue weighted by molar-refractivity contribution is -0.0858. The van der Waals surface area contributed by atoms with E-state index in [4.69, 9.17) is 15.6 Å². The van der Waals surface area contributed by atoms with Crippen LogP contribution in [0.3, 0.4) is 0 Å². The Kier molecular flexibility index (Phi) is 4.01. The number of hydrogen-bond acceptors (Lipinski definition) is 4. The highest BCUT2D eigenvalue weighted by molar-refractivity contribution is 5.99. The molecule has 0 bridgehead atoms. The molecule has 104 valence electrons. The minimum absolute atomic E-state index is 0.144. The van der Waals surface area contributed by atoms with Crippen molar-refractivity contribution in [3.63, 3.8) is 0 Å². The smallest absolute Gasteiger partial charge is 0.256 e. The zero-order chi connectivity index (χ0) is 14.0. The number of nitrogen functional groups attached to an aromatic ring is 1. The van der Waals surface area contributed by atoms with E-state index in [1.54, 1.807) is 0 Å². The van der Waals surface area contributed by atoms with E-state index < -0.39 is 11.9 Å². The molecule has 1 amide bonds. The highest BCUT2D eigenvalue weighted by Crippen LogP contribution is 2.19. The second kappa shape index (κ2) is 5.54. The second-order valence-electron chi connectivity index (χ2n) is 4.69. The normalized spacial score (nSPS) is 23.4. The van der Waals surface area contributed by atoms with Gasteiger partial charge in [-0.05, 0) is 25.1 Å². The van der Waals surface area contributed by atoms with E-state index in [0.29, 0.717) is 6.54 Å². The van der Waals surface area contributed by atoms with Crippen LogP contribution in [-0.2, 0) is 4.74 Å².